The van der Waals surface area contributed by atoms with Gasteiger partial charge in [-0.25, -0.2) is 0 Å². The van der Waals surface area contributed by atoms with E-state index in [-0.39, 0.29) is 11.1 Å². The van der Waals surface area contributed by atoms with E-state index in [4.69, 9.17) is 0 Å². The minimum atomic E-state index is -0.236. The lowest BCUT2D eigenvalue weighted by Gasteiger charge is -2.11. The number of thioether (sulfide) groups is 1. The quantitative estimate of drug-likeness (QED) is 0.491. The number of halogens is 1. The van der Waals surface area contributed by atoms with Crippen molar-refractivity contribution >= 4 is 51.6 Å². The third-order valence-electron chi connectivity index (χ3n) is 4.14. The summed E-state index contributed by atoms with van der Waals surface area (Å²) >= 11 is 3.32. The molecule has 1 aliphatic rings. The second-order valence-corrected chi connectivity index (χ2v) is 7.99. The van der Waals surface area contributed by atoms with Crippen LogP contribution >= 0.6 is 34.4 Å². The van der Waals surface area contributed by atoms with E-state index in [1.54, 1.807) is 0 Å². The zero-order valence-corrected chi connectivity index (χ0v) is 16.9. The topological polar surface area (TPSA) is 42.3 Å². The third kappa shape index (κ3) is 2.93. The summed E-state index contributed by atoms with van der Waals surface area (Å²) in [5.74, 6) is -0.236. The summed E-state index contributed by atoms with van der Waals surface area (Å²) in [6, 6.07) is 8.41. The van der Waals surface area contributed by atoms with Crippen LogP contribution in [0.1, 0.15) is 22.5 Å². The van der Waals surface area contributed by atoms with Gasteiger partial charge in [-0.3, -0.25) is 14.5 Å². The highest BCUT2D eigenvalue weighted by atomic mass is 127. The number of hydrogen-bond donors (Lipinski definition) is 0. The van der Waals surface area contributed by atoms with Crippen molar-refractivity contribution in [1.82, 2.24) is 9.47 Å². The van der Waals surface area contributed by atoms with Gasteiger partial charge in [-0.1, -0.05) is 0 Å². The van der Waals surface area contributed by atoms with Crippen molar-refractivity contribution in [2.24, 2.45) is 0 Å². The number of nitrogens with zero attached hydrogens (tertiary/aromatic N) is 2. The summed E-state index contributed by atoms with van der Waals surface area (Å²) < 4.78 is 3.40. The molecule has 0 aliphatic carbocycles. The Labute approximate surface area is 159 Å². The molecule has 124 valence electrons. The van der Waals surface area contributed by atoms with Crippen LogP contribution in [-0.4, -0.2) is 27.7 Å². The zero-order chi connectivity index (χ0) is 17.6. The normalized spacial score (nSPS) is 16.5. The molecular weight excluding hydrogens is 435 g/mol. The Hall–Kier alpha value is -1.54. The van der Waals surface area contributed by atoms with E-state index >= 15 is 0 Å². The molecule has 0 radical (unpaired) electrons. The van der Waals surface area contributed by atoms with Crippen LogP contribution in [0.25, 0.3) is 11.8 Å². The first kappa shape index (κ1) is 17.3. The monoisotopic (exact) mass is 452 g/mol. The standard InChI is InChI=1S/C18H17IN2O2S/c1-10-7-14(5-6-15(10)19)21-11(2)8-13(12(21)3)9-16-17(22)20(4)18(23)24-16/h5-9H,1-4H3. The third-order valence-corrected chi connectivity index (χ3v) is 6.31. The first-order valence-electron chi connectivity index (χ1n) is 7.46. The predicted octanol–water partition coefficient (Wildman–Crippen LogP) is 4.67. The van der Waals surface area contributed by atoms with Gasteiger partial charge in [0, 0.05) is 27.7 Å². The lowest BCUT2D eigenvalue weighted by atomic mass is 10.2. The molecule has 0 spiro atoms. The number of rotatable bonds is 2. The van der Waals surface area contributed by atoms with Gasteiger partial charge in [-0.2, -0.15) is 0 Å². The molecular formula is C18H17IN2O2S. The van der Waals surface area contributed by atoms with E-state index in [1.807, 2.05) is 26.0 Å². The molecule has 3 rings (SSSR count). The smallest absolute Gasteiger partial charge is 0.293 e. The Kier molecular flexibility index (Phi) is 4.61. The maximum Gasteiger partial charge on any atom is 0.293 e. The van der Waals surface area contributed by atoms with Gasteiger partial charge in [0.25, 0.3) is 11.1 Å². The second-order valence-electron chi connectivity index (χ2n) is 5.84. The van der Waals surface area contributed by atoms with Crippen LogP contribution < -0.4 is 0 Å². The Morgan fingerprint density at radius 1 is 1.12 bits per heavy atom. The minimum absolute atomic E-state index is 0.228. The molecule has 1 aromatic heterocycles. The van der Waals surface area contributed by atoms with E-state index in [2.05, 4.69) is 52.3 Å². The summed E-state index contributed by atoms with van der Waals surface area (Å²) in [7, 11) is 1.51. The molecule has 1 fully saturated rings. The highest BCUT2D eigenvalue weighted by Crippen LogP contribution is 2.33. The summed E-state index contributed by atoms with van der Waals surface area (Å²) in [6.07, 6.45) is 1.81. The Morgan fingerprint density at radius 3 is 2.42 bits per heavy atom. The van der Waals surface area contributed by atoms with Gasteiger partial charge < -0.3 is 4.57 Å². The largest absolute Gasteiger partial charge is 0.318 e. The van der Waals surface area contributed by atoms with E-state index < -0.39 is 0 Å². The van der Waals surface area contributed by atoms with E-state index in [1.165, 1.54) is 16.2 Å². The van der Waals surface area contributed by atoms with Crippen molar-refractivity contribution in [2.45, 2.75) is 20.8 Å². The van der Waals surface area contributed by atoms with Crippen molar-refractivity contribution in [3.63, 3.8) is 0 Å². The fraction of sp³-hybridized carbons (Fsp3) is 0.222. The van der Waals surface area contributed by atoms with Gasteiger partial charge in [0.05, 0.1) is 4.91 Å². The number of carbonyl (C=O) groups excluding carboxylic acids is 2. The summed E-state index contributed by atoms with van der Waals surface area (Å²) in [5, 5.41) is -0.228. The fourth-order valence-corrected chi connectivity index (χ4v) is 3.94. The van der Waals surface area contributed by atoms with Crippen LogP contribution in [0, 0.1) is 24.3 Å². The van der Waals surface area contributed by atoms with Crippen LogP contribution in [0.3, 0.4) is 0 Å². The Bertz CT molecular complexity index is 899. The summed E-state index contributed by atoms with van der Waals surface area (Å²) in [6.45, 7) is 6.17. The highest BCUT2D eigenvalue weighted by Gasteiger charge is 2.32. The van der Waals surface area contributed by atoms with E-state index in [9.17, 15) is 9.59 Å². The number of benzene rings is 1. The molecule has 2 aromatic rings. The molecule has 0 saturated carbocycles. The number of likely N-dealkylation sites (N-methyl/N-ethyl adjacent to an activating group) is 1. The highest BCUT2D eigenvalue weighted by molar-refractivity contribution is 14.1. The summed E-state index contributed by atoms with van der Waals surface area (Å²) in [5.41, 5.74) is 5.44. The molecule has 6 heteroatoms. The average molecular weight is 452 g/mol. The number of aryl methyl sites for hydroxylation is 2. The minimum Gasteiger partial charge on any atom is -0.318 e. The van der Waals surface area contributed by atoms with Crippen LogP contribution in [-0.2, 0) is 4.79 Å². The van der Waals surface area contributed by atoms with Gasteiger partial charge in [-0.15, -0.1) is 0 Å². The van der Waals surface area contributed by atoms with Gasteiger partial charge in [-0.05, 0) is 96.6 Å². The van der Waals surface area contributed by atoms with Gasteiger partial charge in [0.1, 0.15) is 0 Å². The van der Waals surface area contributed by atoms with Gasteiger partial charge >= 0.3 is 0 Å². The second kappa shape index (κ2) is 6.40. The fourth-order valence-electron chi connectivity index (χ4n) is 2.79. The molecule has 0 N–H and O–H groups in total. The van der Waals surface area contributed by atoms with Crippen LogP contribution in [0.4, 0.5) is 4.79 Å². The molecule has 0 unspecified atom stereocenters. The van der Waals surface area contributed by atoms with Crippen molar-refractivity contribution in [3.05, 3.63) is 55.3 Å². The molecule has 1 saturated heterocycles. The Morgan fingerprint density at radius 2 is 1.83 bits per heavy atom. The molecule has 1 aromatic carbocycles. The van der Waals surface area contributed by atoms with Gasteiger partial charge in [0.2, 0.25) is 0 Å². The van der Waals surface area contributed by atoms with Crippen LogP contribution in [0.5, 0.6) is 0 Å². The zero-order valence-electron chi connectivity index (χ0n) is 13.9. The first-order chi connectivity index (χ1) is 11.3. The molecule has 4 nitrogen and oxygen atoms in total. The lowest BCUT2D eigenvalue weighted by molar-refractivity contribution is -0.121. The molecule has 0 bridgehead atoms. The van der Waals surface area contributed by atoms with Crippen molar-refractivity contribution in [2.75, 3.05) is 7.05 Å². The van der Waals surface area contributed by atoms with E-state index in [0.29, 0.717) is 4.91 Å². The molecule has 2 amide bonds. The SMILES string of the molecule is Cc1cc(-n2c(C)cc(C=C3SC(=O)N(C)C3=O)c2C)ccc1I. The number of hydrogen-bond acceptors (Lipinski definition) is 3. The van der Waals surface area contributed by atoms with Crippen molar-refractivity contribution in [1.29, 1.82) is 0 Å². The van der Waals surface area contributed by atoms with E-state index in [0.717, 1.165) is 39.3 Å². The first-order valence-corrected chi connectivity index (χ1v) is 9.36. The van der Waals surface area contributed by atoms with Crippen molar-refractivity contribution < 1.29 is 9.59 Å². The Balaban J connectivity index is 2.06. The maximum absolute atomic E-state index is 12.1. The number of aromatic nitrogens is 1. The average Bonchev–Trinajstić information content (AvgIpc) is 2.94. The molecule has 0 atom stereocenters. The molecule has 1 aliphatic heterocycles. The van der Waals surface area contributed by atoms with Crippen LogP contribution in [0.2, 0.25) is 0 Å². The van der Waals surface area contributed by atoms with Crippen molar-refractivity contribution in [3.8, 4) is 5.69 Å². The van der Waals surface area contributed by atoms with Gasteiger partial charge in [0.15, 0.2) is 0 Å². The number of carbonyl (C=O) groups is 2. The van der Waals surface area contributed by atoms with Crippen LogP contribution in [0.15, 0.2) is 29.2 Å². The summed E-state index contributed by atoms with van der Waals surface area (Å²) in [4.78, 5) is 25.4. The molecule has 24 heavy (non-hydrogen) atoms. The number of amides is 2. The lowest BCUT2D eigenvalue weighted by Crippen LogP contribution is -2.22. The maximum atomic E-state index is 12.1. The molecule has 2 heterocycles. The predicted molar refractivity (Wildman–Crippen MR) is 106 cm³/mol. The number of imide groups is 1.